The Hall–Kier alpha value is -3.46. The smallest absolute Gasteiger partial charge is 0.271 e. The van der Waals surface area contributed by atoms with E-state index in [0.717, 1.165) is 31.5 Å². The van der Waals surface area contributed by atoms with Crippen LogP contribution in [0, 0.1) is 6.92 Å². The monoisotopic (exact) mass is 433 g/mol. The number of nitrogens with zero attached hydrogens (tertiary/aromatic N) is 5. The summed E-state index contributed by atoms with van der Waals surface area (Å²) in [6, 6.07) is 8.37. The van der Waals surface area contributed by atoms with Crippen molar-refractivity contribution in [1.82, 2.24) is 19.7 Å². The number of nitrogens with one attached hydrogen (secondary N) is 2. The summed E-state index contributed by atoms with van der Waals surface area (Å²) in [4.78, 5) is 24.2. The number of ether oxygens (including phenoxy) is 1. The fraction of sp³-hybridized carbons (Fsp3) is 0.391. The fourth-order valence-electron chi connectivity index (χ4n) is 3.87. The van der Waals surface area contributed by atoms with Gasteiger partial charge in [0.1, 0.15) is 5.69 Å². The maximum Gasteiger partial charge on any atom is 0.271 e. The number of aromatic nitrogens is 3. The molecule has 1 amide bonds. The van der Waals surface area contributed by atoms with Crippen LogP contribution in [0.25, 0.3) is 5.65 Å². The van der Waals surface area contributed by atoms with E-state index < -0.39 is 0 Å². The van der Waals surface area contributed by atoms with Crippen molar-refractivity contribution in [3.05, 3.63) is 53.5 Å². The van der Waals surface area contributed by atoms with E-state index in [9.17, 15) is 4.79 Å². The molecule has 2 N–H and O–H groups in total. The number of hydrazone groups is 1. The van der Waals surface area contributed by atoms with Crippen LogP contribution in [0.15, 0.2) is 41.8 Å². The first kappa shape index (κ1) is 20.4. The van der Waals surface area contributed by atoms with Crippen molar-refractivity contribution in [2.45, 2.75) is 32.2 Å². The lowest BCUT2D eigenvalue weighted by atomic mass is 9.93. The van der Waals surface area contributed by atoms with E-state index in [4.69, 9.17) is 9.72 Å². The van der Waals surface area contributed by atoms with Crippen molar-refractivity contribution in [1.29, 1.82) is 0 Å². The molecule has 2 aromatic heterocycles. The zero-order chi connectivity index (χ0) is 21.9. The minimum Gasteiger partial charge on any atom is -0.378 e. The largest absolute Gasteiger partial charge is 0.378 e. The van der Waals surface area contributed by atoms with E-state index in [1.807, 2.05) is 29.5 Å². The Labute approximate surface area is 186 Å². The summed E-state index contributed by atoms with van der Waals surface area (Å²) in [6.07, 6.45) is 8.56. The third kappa shape index (κ3) is 4.43. The summed E-state index contributed by atoms with van der Waals surface area (Å²) >= 11 is 0. The van der Waals surface area contributed by atoms with Gasteiger partial charge in [0, 0.05) is 25.3 Å². The van der Waals surface area contributed by atoms with E-state index in [1.54, 1.807) is 18.6 Å². The van der Waals surface area contributed by atoms with E-state index in [0.29, 0.717) is 36.2 Å². The zero-order valence-electron chi connectivity index (χ0n) is 18.1. The van der Waals surface area contributed by atoms with Crippen molar-refractivity contribution in [3.63, 3.8) is 0 Å². The van der Waals surface area contributed by atoms with Crippen LogP contribution in [0.3, 0.4) is 0 Å². The molecule has 166 valence electrons. The third-order valence-corrected chi connectivity index (χ3v) is 5.84. The lowest BCUT2D eigenvalue weighted by molar-refractivity contribution is 0.0912. The highest BCUT2D eigenvalue weighted by atomic mass is 16.5. The summed E-state index contributed by atoms with van der Waals surface area (Å²) in [5.41, 5.74) is 6.25. The Morgan fingerprint density at radius 3 is 2.81 bits per heavy atom. The van der Waals surface area contributed by atoms with E-state index in [-0.39, 0.29) is 11.9 Å². The van der Waals surface area contributed by atoms with Gasteiger partial charge in [-0.25, -0.2) is 9.97 Å². The predicted molar refractivity (Wildman–Crippen MR) is 124 cm³/mol. The van der Waals surface area contributed by atoms with Gasteiger partial charge in [0.2, 0.25) is 0 Å². The molecular formula is C23H27N7O2. The molecule has 2 fully saturated rings. The molecule has 9 nitrogen and oxygen atoms in total. The number of morpholine rings is 1. The van der Waals surface area contributed by atoms with Crippen LogP contribution in [0.5, 0.6) is 0 Å². The second-order valence-corrected chi connectivity index (χ2v) is 8.29. The number of fused-ring (bicyclic) bond motifs is 1. The van der Waals surface area contributed by atoms with E-state index >= 15 is 0 Å². The molecule has 5 rings (SSSR count). The molecule has 32 heavy (non-hydrogen) atoms. The molecule has 0 radical (unpaired) electrons. The van der Waals surface area contributed by atoms with Gasteiger partial charge in [-0.1, -0.05) is 29.8 Å². The number of benzene rings is 1. The Morgan fingerprint density at radius 2 is 2.06 bits per heavy atom. The van der Waals surface area contributed by atoms with Crippen molar-refractivity contribution in [2.75, 3.05) is 36.6 Å². The second-order valence-electron chi connectivity index (χ2n) is 8.29. The number of rotatable bonds is 6. The topological polar surface area (TPSA) is 96.2 Å². The molecule has 0 atom stereocenters. The zero-order valence-corrected chi connectivity index (χ0v) is 18.1. The molecule has 1 saturated heterocycles. The van der Waals surface area contributed by atoms with Crippen LogP contribution in [-0.2, 0) is 4.74 Å². The highest BCUT2D eigenvalue weighted by Crippen LogP contribution is 2.24. The van der Waals surface area contributed by atoms with E-state index in [2.05, 4.69) is 31.8 Å². The molecule has 3 aromatic rings. The summed E-state index contributed by atoms with van der Waals surface area (Å²) < 4.78 is 7.34. The molecule has 1 aliphatic heterocycles. The first-order chi connectivity index (χ1) is 15.7. The molecule has 1 aromatic carbocycles. The lowest BCUT2D eigenvalue weighted by Gasteiger charge is -2.28. The molecule has 0 spiro atoms. The average Bonchev–Trinajstić information content (AvgIpc) is 3.21. The van der Waals surface area contributed by atoms with Gasteiger partial charge in [-0.05, 0) is 31.7 Å². The molecule has 3 heterocycles. The van der Waals surface area contributed by atoms with E-state index in [1.165, 1.54) is 12.0 Å². The number of hydrogen-bond acceptors (Lipinski definition) is 7. The summed E-state index contributed by atoms with van der Waals surface area (Å²) in [5, 5.41) is 7.41. The van der Waals surface area contributed by atoms with Gasteiger partial charge in [-0.2, -0.15) is 5.10 Å². The van der Waals surface area contributed by atoms with Gasteiger partial charge in [-0.15, -0.1) is 0 Å². The molecule has 1 saturated carbocycles. The Bertz CT molecular complexity index is 1150. The average molecular weight is 434 g/mol. The van der Waals surface area contributed by atoms with Crippen LogP contribution in [0.1, 0.15) is 40.9 Å². The molecular weight excluding hydrogens is 406 g/mol. The summed E-state index contributed by atoms with van der Waals surface area (Å²) in [7, 11) is 0. The highest BCUT2D eigenvalue weighted by Gasteiger charge is 2.24. The number of anilines is 2. The SMILES string of the molecule is Cc1cccc(/C=N/Nc2cn3cc(C(=O)NC4CCC4)nc3c(N3CCOCC3)n2)c1. The molecule has 9 heteroatoms. The minimum absolute atomic E-state index is 0.140. The van der Waals surface area contributed by atoms with Gasteiger partial charge in [0.25, 0.3) is 5.91 Å². The Kier molecular flexibility index (Phi) is 5.72. The van der Waals surface area contributed by atoms with Crippen LogP contribution in [-0.4, -0.2) is 58.8 Å². The highest BCUT2D eigenvalue weighted by molar-refractivity contribution is 5.93. The second kappa shape index (κ2) is 8.96. The van der Waals surface area contributed by atoms with Crippen LogP contribution in [0.2, 0.25) is 0 Å². The first-order valence-electron chi connectivity index (χ1n) is 11.0. The van der Waals surface area contributed by atoms with Crippen LogP contribution < -0.4 is 15.6 Å². The van der Waals surface area contributed by atoms with Gasteiger partial charge >= 0.3 is 0 Å². The van der Waals surface area contributed by atoms with Gasteiger partial charge in [0.05, 0.1) is 25.6 Å². The first-order valence-corrected chi connectivity index (χ1v) is 11.0. The molecule has 0 bridgehead atoms. The molecule has 2 aliphatic rings. The number of amides is 1. The summed E-state index contributed by atoms with van der Waals surface area (Å²) in [5.74, 6) is 1.15. The van der Waals surface area contributed by atoms with Crippen molar-refractivity contribution >= 4 is 29.4 Å². The van der Waals surface area contributed by atoms with Crippen molar-refractivity contribution in [3.8, 4) is 0 Å². The normalized spacial score (nSPS) is 17.0. The summed E-state index contributed by atoms with van der Waals surface area (Å²) in [6.45, 7) is 4.75. The quantitative estimate of drug-likeness (QED) is 0.458. The standard InChI is InChI=1S/C23H27N7O2/c1-16-4-2-5-17(12-16)13-24-28-20-15-30-14-19(23(31)25-18-6-3-7-18)26-21(30)22(27-20)29-8-10-32-11-9-29/h2,4-5,12-15,18,28H,3,6-11H2,1H3,(H,25,31)/b24-13+. The number of hydrogen-bond donors (Lipinski definition) is 2. The number of carbonyl (C=O) groups excluding carboxylic acids is 1. The molecule has 0 unspecified atom stereocenters. The van der Waals surface area contributed by atoms with Gasteiger partial charge in [-0.3, -0.25) is 14.6 Å². The van der Waals surface area contributed by atoms with Crippen molar-refractivity contribution < 1.29 is 9.53 Å². The number of imidazole rings is 1. The van der Waals surface area contributed by atoms with Crippen molar-refractivity contribution in [2.24, 2.45) is 5.10 Å². The number of aryl methyl sites for hydroxylation is 1. The van der Waals surface area contributed by atoms with Gasteiger partial charge in [0.15, 0.2) is 17.3 Å². The minimum atomic E-state index is -0.140. The Morgan fingerprint density at radius 1 is 1.22 bits per heavy atom. The lowest BCUT2D eigenvalue weighted by Crippen LogP contribution is -2.39. The molecule has 1 aliphatic carbocycles. The van der Waals surface area contributed by atoms with Crippen LogP contribution >= 0.6 is 0 Å². The Balaban J connectivity index is 1.43. The maximum absolute atomic E-state index is 12.7. The fourth-order valence-corrected chi connectivity index (χ4v) is 3.87. The van der Waals surface area contributed by atoms with Gasteiger partial charge < -0.3 is 15.0 Å². The maximum atomic E-state index is 12.7. The third-order valence-electron chi connectivity index (χ3n) is 5.84. The predicted octanol–water partition coefficient (Wildman–Crippen LogP) is 2.60. The van der Waals surface area contributed by atoms with Crippen LogP contribution in [0.4, 0.5) is 11.6 Å². The number of carbonyl (C=O) groups is 1.